The summed E-state index contributed by atoms with van der Waals surface area (Å²) < 4.78 is 38.5. The molecule has 2 aromatic rings. The third-order valence-electron chi connectivity index (χ3n) is 4.41. The summed E-state index contributed by atoms with van der Waals surface area (Å²) in [7, 11) is 0. The number of pyridine rings is 1. The van der Waals surface area contributed by atoms with Crippen LogP contribution in [0.15, 0.2) is 47.6 Å². The van der Waals surface area contributed by atoms with Crippen LogP contribution < -0.4 is 11.1 Å². The van der Waals surface area contributed by atoms with Crippen LogP contribution in [0.4, 0.5) is 13.2 Å². The standard InChI is InChI=1S/C19H19F3N4O/c1-11(12-5-3-2-4-6-12)26-16(27)8-14-7-13-9-25-17(15(13)10-24-14)18(23)19(20,21)22/h2-7,10-11,18H,8-9,23H2,1H3,(H,26,27)/t11-,18?/m1/s1. The number of nitrogens with two attached hydrogens (primary N) is 1. The van der Waals surface area contributed by atoms with Gasteiger partial charge >= 0.3 is 6.18 Å². The minimum absolute atomic E-state index is 0.0328. The van der Waals surface area contributed by atoms with Gasteiger partial charge in [0.25, 0.3) is 0 Å². The molecule has 1 aromatic carbocycles. The van der Waals surface area contributed by atoms with Crippen LogP contribution in [0.5, 0.6) is 0 Å². The number of benzene rings is 1. The predicted molar refractivity (Wildman–Crippen MR) is 95.2 cm³/mol. The molecule has 1 unspecified atom stereocenters. The van der Waals surface area contributed by atoms with E-state index in [1.807, 2.05) is 37.3 Å². The van der Waals surface area contributed by atoms with Gasteiger partial charge in [-0.3, -0.25) is 14.8 Å². The molecule has 0 saturated heterocycles. The maximum absolute atomic E-state index is 12.8. The first kappa shape index (κ1) is 19.0. The Labute approximate surface area is 154 Å². The molecule has 27 heavy (non-hydrogen) atoms. The molecule has 1 aliphatic heterocycles. The predicted octanol–water partition coefficient (Wildman–Crippen LogP) is 2.69. The molecule has 0 aliphatic carbocycles. The zero-order valence-corrected chi connectivity index (χ0v) is 14.6. The Hall–Kier alpha value is -2.74. The highest BCUT2D eigenvalue weighted by Crippen LogP contribution is 2.27. The van der Waals surface area contributed by atoms with Crippen molar-refractivity contribution in [2.24, 2.45) is 10.7 Å². The van der Waals surface area contributed by atoms with E-state index in [-0.39, 0.29) is 30.6 Å². The van der Waals surface area contributed by atoms with Gasteiger partial charge in [-0.05, 0) is 24.1 Å². The molecule has 1 aliphatic rings. The average Bonchev–Trinajstić information content (AvgIpc) is 3.03. The Morgan fingerprint density at radius 3 is 2.67 bits per heavy atom. The fourth-order valence-electron chi connectivity index (χ4n) is 2.96. The van der Waals surface area contributed by atoms with E-state index in [1.54, 1.807) is 6.07 Å². The SMILES string of the molecule is C[C@@H](NC(=O)Cc1cc2c(cn1)C(C(N)C(F)(F)F)=NC2)c1ccccc1. The van der Waals surface area contributed by atoms with E-state index in [0.717, 1.165) is 5.56 Å². The number of hydrogen-bond donors (Lipinski definition) is 2. The van der Waals surface area contributed by atoms with Gasteiger partial charge in [0.05, 0.1) is 30.4 Å². The molecule has 5 nitrogen and oxygen atoms in total. The third-order valence-corrected chi connectivity index (χ3v) is 4.41. The molecule has 8 heteroatoms. The van der Waals surface area contributed by atoms with E-state index < -0.39 is 12.2 Å². The van der Waals surface area contributed by atoms with Gasteiger partial charge in [-0.2, -0.15) is 13.2 Å². The lowest BCUT2D eigenvalue weighted by Crippen LogP contribution is -2.44. The van der Waals surface area contributed by atoms with E-state index >= 15 is 0 Å². The molecule has 0 saturated carbocycles. The van der Waals surface area contributed by atoms with Gasteiger partial charge < -0.3 is 11.1 Å². The second-order valence-electron chi connectivity index (χ2n) is 6.43. The van der Waals surface area contributed by atoms with Gasteiger partial charge in [-0.25, -0.2) is 0 Å². The number of hydrogen-bond acceptors (Lipinski definition) is 4. The van der Waals surface area contributed by atoms with E-state index in [9.17, 15) is 18.0 Å². The Bertz CT molecular complexity index is 865. The van der Waals surface area contributed by atoms with Crippen LogP contribution >= 0.6 is 0 Å². The number of carbonyl (C=O) groups is 1. The molecule has 0 fully saturated rings. The van der Waals surface area contributed by atoms with Crippen molar-refractivity contribution in [2.75, 3.05) is 0 Å². The van der Waals surface area contributed by atoms with E-state index in [4.69, 9.17) is 5.73 Å². The topological polar surface area (TPSA) is 80.4 Å². The van der Waals surface area contributed by atoms with Crippen LogP contribution in [0.25, 0.3) is 0 Å². The summed E-state index contributed by atoms with van der Waals surface area (Å²) in [5.41, 5.74) is 7.39. The van der Waals surface area contributed by atoms with Crippen LogP contribution in [0.2, 0.25) is 0 Å². The fraction of sp³-hybridized carbons (Fsp3) is 0.316. The van der Waals surface area contributed by atoms with Crippen molar-refractivity contribution >= 4 is 11.6 Å². The first-order chi connectivity index (χ1) is 12.8. The highest BCUT2D eigenvalue weighted by molar-refractivity contribution is 6.07. The monoisotopic (exact) mass is 376 g/mol. The molecular weight excluding hydrogens is 357 g/mol. The van der Waals surface area contributed by atoms with Crippen molar-refractivity contribution in [1.29, 1.82) is 0 Å². The smallest absolute Gasteiger partial charge is 0.349 e. The molecule has 2 heterocycles. The second kappa shape index (κ2) is 7.48. The minimum atomic E-state index is -4.56. The third kappa shape index (κ3) is 4.33. The summed E-state index contributed by atoms with van der Waals surface area (Å²) in [6.07, 6.45) is -3.21. The number of fused-ring (bicyclic) bond motifs is 1. The van der Waals surface area contributed by atoms with Gasteiger partial charge in [0.2, 0.25) is 5.91 Å². The van der Waals surface area contributed by atoms with Crippen LogP contribution in [0.3, 0.4) is 0 Å². The van der Waals surface area contributed by atoms with Crippen LogP contribution in [0.1, 0.15) is 35.3 Å². The summed E-state index contributed by atoms with van der Waals surface area (Å²) >= 11 is 0. The van der Waals surface area contributed by atoms with Crippen molar-refractivity contribution < 1.29 is 18.0 Å². The lowest BCUT2D eigenvalue weighted by molar-refractivity contribution is -0.132. The Balaban J connectivity index is 1.66. The number of nitrogens with one attached hydrogen (secondary N) is 1. The van der Waals surface area contributed by atoms with Crippen molar-refractivity contribution in [3.05, 3.63) is 65.0 Å². The molecule has 3 rings (SSSR count). The number of alkyl halides is 3. The van der Waals surface area contributed by atoms with Crippen LogP contribution in [-0.2, 0) is 17.8 Å². The van der Waals surface area contributed by atoms with Crippen molar-refractivity contribution in [3.63, 3.8) is 0 Å². The zero-order chi connectivity index (χ0) is 19.6. The molecule has 0 spiro atoms. The van der Waals surface area contributed by atoms with Gasteiger partial charge in [-0.15, -0.1) is 0 Å². The highest BCUT2D eigenvalue weighted by Gasteiger charge is 2.42. The minimum Gasteiger partial charge on any atom is -0.349 e. The molecular formula is C19H19F3N4O. The van der Waals surface area contributed by atoms with E-state index in [2.05, 4.69) is 15.3 Å². The van der Waals surface area contributed by atoms with Gasteiger partial charge in [0.1, 0.15) is 6.04 Å². The molecule has 2 atom stereocenters. The summed E-state index contributed by atoms with van der Waals surface area (Å²) in [4.78, 5) is 20.3. The molecule has 1 aromatic heterocycles. The number of aliphatic imine (C=N–C) groups is 1. The summed E-state index contributed by atoms with van der Waals surface area (Å²) in [5, 5.41) is 2.88. The number of rotatable bonds is 5. The number of amides is 1. The maximum Gasteiger partial charge on any atom is 0.409 e. The lowest BCUT2D eigenvalue weighted by atomic mass is 10.0. The highest BCUT2D eigenvalue weighted by atomic mass is 19.4. The number of carbonyl (C=O) groups excluding carboxylic acids is 1. The van der Waals surface area contributed by atoms with Crippen LogP contribution in [-0.4, -0.2) is 28.8 Å². The van der Waals surface area contributed by atoms with Crippen molar-refractivity contribution in [3.8, 4) is 0 Å². The largest absolute Gasteiger partial charge is 0.409 e. The first-order valence-electron chi connectivity index (χ1n) is 8.45. The number of nitrogens with zero attached hydrogens (tertiary/aromatic N) is 2. The number of aromatic nitrogens is 1. The normalized spacial score (nSPS) is 15.7. The second-order valence-corrected chi connectivity index (χ2v) is 6.43. The Morgan fingerprint density at radius 2 is 2.00 bits per heavy atom. The summed E-state index contributed by atoms with van der Waals surface area (Å²) in [6.45, 7) is 1.98. The van der Waals surface area contributed by atoms with Gasteiger partial charge in [0.15, 0.2) is 0 Å². The quantitative estimate of drug-likeness (QED) is 0.842. The van der Waals surface area contributed by atoms with Crippen molar-refractivity contribution in [1.82, 2.24) is 10.3 Å². The van der Waals surface area contributed by atoms with Gasteiger partial charge in [0, 0.05) is 11.8 Å². The first-order valence-corrected chi connectivity index (χ1v) is 8.45. The summed E-state index contributed by atoms with van der Waals surface area (Å²) in [5.74, 6) is -0.218. The van der Waals surface area contributed by atoms with E-state index in [1.165, 1.54) is 6.20 Å². The molecule has 0 radical (unpaired) electrons. The Kier molecular flexibility index (Phi) is 5.27. The summed E-state index contributed by atoms with van der Waals surface area (Å²) in [6, 6.07) is 8.83. The Morgan fingerprint density at radius 1 is 1.30 bits per heavy atom. The maximum atomic E-state index is 12.8. The molecule has 3 N–H and O–H groups in total. The number of halogens is 3. The van der Waals surface area contributed by atoms with Crippen LogP contribution in [0, 0.1) is 0 Å². The lowest BCUT2D eigenvalue weighted by Gasteiger charge is -2.16. The average molecular weight is 376 g/mol. The fourth-order valence-corrected chi connectivity index (χ4v) is 2.96. The molecule has 1 amide bonds. The molecule has 142 valence electrons. The van der Waals surface area contributed by atoms with Crippen molar-refractivity contribution in [2.45, 2.75) is 38.1 Å². The zero-order valence-electron chi connectivity index (χ0n) is 14.6. The van der Waals surface area contributed by atoms with E-state index in [0.29, 0.717) is 16.8 Å². The van der Waals surface area contributed by atoms with Gasteiger partial charge in [-0.1, -0.05) is 30.3 Å². The molecule has 0 bridgehead atoms.